The van der Waals surface area contributed by atoms with Crippen molar-refractivity contribution in [3.8, 4) is 0 Å². The third-order valence-electron chi connectivity index (χ3n) is 2.00. The Morgan fingerprint density at radius 2 is 2.00 bits per heavy atom. The minimum Gasteiger partial charge on any atom is -0.461 e. The number of Topliss-reactive ketones (excluding diaryl/α,β-unsaturated/α-hetero) is 2. The number of carbonyl (C=O) groups excluding carboxylic acids is 3. The smallest absolute Gasteiger partial charge is 0.356 e. The molecule has 6 nitrogen and oxygen atoms in total. The quantitative estimate of drug-likeness (QED) is 0.561. The summed E-state index contributed by atoms with van der Waals surface area (Å²) in [6, 6.07) is 1.34. The Bertz CT molecular complexity index is 462. The molecule has 0 saturated carbocycles. The van der Waals surface area contributed by atoms with Crippen LogP contribution in [0.4, 0.5) is 0 Å². The van der Waals surface area contributed by atoms with Gasteiger partial charge in [-0.05, 0) is 13.8 Å². The molecule has 17 heavy (non-hydrogen) atoms. The van der Waals surface area contributed by atoms with Gasteiger partial charge >= 0.3 is 5.97 Å². The number of ketones is 2. The van der Waals surface area contributed by atoms with Crippen LogP contribution in [-0.2, 0) is 16.1 Å². The van der Waals surface area contributed by atoms with Gasteiger partial charge in [0.15, 0.2) is 11.6 Å². The summed E-state index contributed by atoms with van der Waals surface area (Å²) >= 11 is 0. The number of hydrogen-bond donors (Lipinski definition) is 0. The van der Waals surface area contributed by atoms with Crippen molar-refractivity contribution in [2.24, 2.45) is 0 Å². The second-order valence-electron chi connectivity index (χ2n) is 3.55. The van der Waals surface area contributed by atoms with E-state index < -0.39 is 5.97 Å². The van der Waals surface area contributed by atoms with Crippen LogP contribution in [0.25, 0.3) is 0 Å². The number of hydrogen-bond acceptors (Lipinski definition) is 5. The molecule has 0 spiro atoms. The molecule has 0 radical (unpaired) electrons. The molecule has 0 amide bonds. The Hall–Kier alpha value is -1.98. The first kappa shape index (κ1) is 13.1. The highest BCUT2D eigenvalue weighted by atomic mass is 16.5. The number of carbonyl (C=O) groups is 3. The summed E-state index contributed by atoms with van der Waals surface area (Å²) in [6.07, 6.45) is 0. The Morgan fingerprint density at radius 3 is 2.47 bits per heavy atom. The first-order valence-corrected chi connectivity index (χ1v) is 5.21. The SMILES string of the molecule is CCOC(=O)c1cc(C(C)=O)nn1CC(C)=O. The molecule has 0 atom stereocenters. The van der Waals surface area contributed by atoms with Crippen LogP contribution in [0.2, 0.25) is 0 Å². The van der Waals surface area contributed by atoms with Gasteiger partial charge in [-0.1, -0.05) is 0 Å². The Kier molecular flexibility index (Phi) is 4.14. The van der Waals surface area contributed by atoms with Crippen LogP contribution in [0, 0.1) is 0 Å². The minimum atomic E-state index is -0.589. The zero-order chi connectivity index (χ0) is 13.0. The van der Waals surface area contributed by atoms with Crippen molar-refractivity contribution in [2.75, 3.05) is 6.61 Å². The van der Waals surface area contributed by atoms with Crippen molar-refractivity contribution in [1.29, 1.82) is 0 Å². The van der Waals surface area contributed by atoms with E-state index in [1.54, 1.807) is 6.92 Å². The van der Waals surface area contributed by atoms with Crippen LogP contribution in [0.3, 0.4) is 0 Å². The second kappa shape index (κ2) is 5.38. The average molecular weight is 238 g/mol. The maximum atomic E-state index is 11.6. The molecule has 6 heteroatoms. The standard InChI is InChI=1S/C11H14N2O4/c1-4-17-11(16)10-5-9(8(3)15)12-13(10)6-7(2)14/h5H,4,6H2,1-3H3. The average Bonchev–Trinajstić information content (AvgIpc) is 2.61. The predicted octanol–water partition coefficient (Wildman–Crippen LogP) is 0.851. The summed E-state index contributed by atoms with van der Waals surface area (Å²) in [4.78, 5) is 33.8. The molecular formula is C11H14N2O4. The third-order valence-corrected chi connectivity index (χ3v) is 2.00. The van der Waals surface area contributed by atoms with Gasteiger partial charge in [-0.3, -0.25) is 9.59 Å². The third kappa shape index (κ3) is 3.24. The van der Waals surface area contributed by atoms with Gasteiger partial charge in [0.1, 0.15) is 17.9 Å². The monoisotopic (exact) mass is 238 g/mol. The fraction of sp³-hybridized carbons (Fsp3) is 0.455. The molecule has 0 aliphatic heterocycles. The first-order valence-electron chi connectivity index (χ1n) is 5.21. The van der Waals surface area contributed by atoms with Gasteiger partial charge < -0.3 is 4.74 Å². The van der Waals surface area contributed by atoms with E-state index in [-0.39, 0.29) is 36.1 Å². The van der Waals surface area contributed by atoms with Crippen LogP contribution in [0.5, 0.6) is 0 Å². The van der Waals surface area contributed by atoms with Crippen molar-refractivity contribution >= 4 is 17.5 Å². The van der Waals surface area contributed by atoms with E-state index >= 15 is 0 Å². The molecule has 1 aromatic heterocycles. The van der Waals surface area contributed by atoms with E-state index in [2.05, 4.69) is 5.10 Å². The number of rotatable bonds is 5. The van der Waals surface area contributed by atoms with E-state index in [1.807, 2.05) is 0 Å². The molecule has 1 heterocycles. The van der Waals surface area contributed by atoms with Crippen molar-refractivity contribution in [1.82, 2.24) is 9.78 Å². The Balaban J connectivity index is 3.11. The molecule has 0 aliphatic rings. The van der Waals surface area contributed by atoms with Gasteiger partial charge in [0.25, 0.3) is 0 Å². The van der Waals surface area contributed by atoms with E-state index in [9.17, 15) is 14.4 Å². The van der Waals surface area contributed by atoms with Gasteiger partial charge in [0.05, 0.1) is 6.61 Å². The first-order chi connectivity index (χ1) is 7.95. The van der Waals surface area contributed by atoms with E-state index in [0.717, 1.165) is 0 Å². The molecule has 0 N–H and O–H groups in total. The van der Waals surface area contributed by atoms with E-state index in [4.69, 9.17) is 4.74 Å². The zero-order valence-electron chi connectivity index (χ0n) is 10.0. The van der Waals surface area contributed by atoms with Crippen LogP contribution in [0.15, 0.2) is 6.07 Å². The van der Waals surface area contributed by atoms with Gasteiger partial charge in [-0.25, -0.2) is 9.48 Å². The highest BCUT2D eigenvalue weighted by Gasteiger charge is 2.18. The largest absolute Gasteiger partial charge is 0.461 e. The van der Waals surface area contributed by atoms with Gasteiger partial charge in [-0.2, -0.15) is 5.10 Å². The lowest BCUT2D eigenvalue weighted by atomic mass is 10.3. The fourth-order valence-electron chi connectivity index (χ4n) is 1.29. The zero-order valence-corrected chi connectivity index (χ0v) is 10.0. The molecule has 1 aromatic rings. The molecule has 0 fully saturated rings. The molecule has 0 aromatic carbocycles. The number of esters is 1. The summed E-state index contributed by atoms with van der Waals surface area (Å²) in [7, 11) is 0. The van der Waals surface area contributed by atoms with Crippen LogP contribution in [-0.4, -0.2) is 33.9 Å². The van der Waals surface area contributed by atoms with Gasteiger partial charge in [-0.15, -0.1) is 0 Å². The molecule has 1 rings (SSSR count). The normalized spacial score (nSPS) is 10.1. The summed E-state index contributed by atoms with van der Waals surface area (Å²) in [5.74, 6) is -1.01. The molecule has 0 bridgehead atoms. The highest BCUT2D eigenvalue weighted by Crippen LogP contribution is 2.07. The molecule has 0 unspecified atom stereocenters. The van der Waals surface area contributed by atoms with Crippen molar-refractivity contribution in [2.45, 2.75) is 27.3 Å². The Morgan fingerprint density at radius 1 is 1.35 bits per heavy atom. The molecular weight excluding hydrogens is 224 g/mol. The van der Waals surface area contributed by atoms with Crippen LogP contribution in [0.1, 0.15) is 41.7 Å². The summed E-state index contributed by atoms with van der Waals surface area (Å²) in [5, 5.41) is 3.90. The number of aromatic nitrogens is 2. The van der Waals surface area contributed by atoms with Gasteiger partial charge in [0, 0.05) is 13.0 Å². The van der Waals surface area contributed by atoms with Crippen molar-refractivity contribution in [3.05, 3.63) is 17.5 Å². The number of ether oxygens (including phenoxy) is 1. The minimum absolute atomic E-state index is 0.0541. The summed E-state index contributed by atoms with van der Waals surface area (Å²) < 4.78 is 6.01. The molecule has 0 saturated heterocycles. The maximum absolute atomic E-state index is 11.6. The molecule has 92 valence electrons. The van der Waals surface area contributed by atoms with Crippen molar-refractivity contribution in [3.63, 3.8) is 0 Å². The lowest BCUT2D eigenvalue weighted by Gasteiger charge is -2.04. The lowest BCUT2D eigenvalue weighted by Crippen LogP contribution is -2.16. The topological polar surface area (TPSA) is 78.3 Å². The second-order valence-corrected chi connectivity index (χ2v) is 3.55. The Labute approximate surface area is 98.6 Å². The number of nitrogens with zero attached hydrogens (tertiary/aromatic N) is 2. The fourth-order valence-corrected chi connectivity index (χ4v) is 1.29. The van der Waals surface area contributed by atoms with Gasteiger partial charge in [0.2, 0.25) is 0 Å². The summed E-state index contributed by atoms with van der Waals surface area (Å²) in [6.45, 7) is 4.57. The predicted molar refractivity (Wildman–Crippen MR) is 58.9 cm³/mol. The highest BCUT2D eigenvalue weighted by molar-refractivity contribution is 5.96. The maximum Gasteiger partial charge on any atom is 0.356 e. The molecule has 0 aliphatic carbocycles. The van der Waals surface area contributed by atoms with Crippen molar-refractivity contribution < 1.29 is 19.1 Å². The van der Waals surface area contributed by atoms with Crippen LogP contribution < -0.4 is 0 Å². The van der Waals surface area contributed by atoms with Crippen LogP contribution >= 0.6 is 0 Å². The lowest BCUT2D eigenvalue weighted by molar-refractivity contribution is -0.117. The van der Waals surface area contributed by atoms with E-state index in [1.165, 1.54) is 24.6 Å². The van der Waals surface area contributed by atoms with E-state index in [0.29, 0.717) is 0 Å². The summed E-state index contributed by atoms with van der Waals surface area (Å²) in [5.41, 5.74) is 0.265.